The molecule has 0 aromatic heterocycles. The van der Waals surface area contributed by atoms with Crippen molar-refractivity contribution in [2.75, 3.05) is 6.54 Å². The first kappa shape index (κ1) is 14.0. The van der Waals surface area contributed by atoms with E-state index in [2.05, 4.69) is 12.2 Å². The van der Waals surface area contributed by atoms with E-state index in [-0.39, 0.29) is 22.8 Å². The predicted octanol–water partition coefficient (Wildman–Crippen LogP) is 2.81. The van der Waals surface area contributed by atoms with Crippen LogP contribution in [0.4, 0.5) is 5.69 Å². The predicted molar refractivity (Wildman–Crippen MR) is 73.1 cm³/mol. The molecule has 1 fully saturated rings. The lowest BCUT2D eigenvalue weighted by Crippen LogP contribution is -2.29. The van der Waals surface area contributed by atoms with E-state index in [1.807, 2.05) is 13.0 Å². The van der Waals surface area contributed by atoms with Crippen LogP contribution in [0.15, 0.2) is 24.3 Å². The normalized spacial score (nSPS) is 24.3. The Labute approximate surface area is 113 Å². The highest BCUT2D eigenvalue weighted by molar-refractivity contribution is 5.35. The molecule has 0 amide bonds. The minimum Gasteiger partial charge on any atom is -0.374 e. The van der Waals surface area contributed by atoms with Crippen LogP contribution in [-0.2, 0) is 4.74 Å². The van der Waals surface area contributed by atoms with Gasteiger partial charge < -0.3 is 10.1 Å². The number of nitrogens with one attached hydrogen (secondary N) is 1. The first-order valence-corrected chi connectivity index (χ1v) is 6.69. The molecule has 2 rings (SSSR count). The molecule has 1 aromatic rings. The zero-order valence-corrected chi connectivity index (χ0v) is 11.3. The monoisotopic (exact) mass is 264 g/mol. The maximum absolute atomic E-state index is 10.7. The summed E-state index contributed by atoms with van der Waals surface area (Å²) in [6.45, 7) is 4.88. The van der Waals surface area contributed by atoms with Crippen molar-refractivity contribution in [1.82, 2.24) is 5.32 Å². The zero-order valence-electron chi connectivity index (χ0n) is 11.3. The molecule has 0 bridgehead atoms. The number of ether oxygens (including phenoxy) is 1. The van der Waals surface area contributed by atoms with Gasteiger partial charge in [-0.25, -0.2) is 0 Å². The number of hydrogen-bond donors (Lipinski definition) is 1. The Balaban J connectivity index is 1.90. The van der Waals surface area contributed by atoms with Crippen LogP contribution in [0.5, 0.6) is 0 Å². The van der Waals surface area contributed by atoms with Gasteiger partial charge in [0.25, 0.3) is 5.69 Å². The molecule has 0 spiro atoms. The topological polar surface area (TPSA) is 64.4 Å². The fourth-order valence-electron chi connectivity index (χ4n) is 2.37. The van der Waals surface area contributed by atoms with Crippen molar-refractivity contribution in [1.29, 1.82) is 0 Å². The summed E-state index contributed by atoms with van der Waals surface area (Å²) in [5, 5.41) is 14.1. The van der Waals surface area contributed by atoms with Gasteiger partial charge in [0.15, 0.2) is 0 Å². The highest BCUT2D eigenvalue weighted by Gasteiger charge is 2.22. The number of benzene rings is 1. The summed E-state index contributed by atoms with van der Waals surface area (Å²) in [6.07, 6.45) is 2.80. The highest BCUT2D eigenvalue weighted by atomic mass is 16.6. The molecule has 1 aliphatic heterocycles. The van der Waals surface area contributed by atoms with E-state index < -0.39 is 0 Å². The fraction of sp³-hybridized carbons (Fsp3) is 0.571. The third-order valence-electron chi connectivity index (χ3n) is 3.55. The molecule has 1 N–H and O–H groups in total. The lowest BCUT2D eigenvalue weighted by atomic mass is 10.1. The lowest BCUT2D eigenvalue weighted by Gasteiger charge is -2.17. The van der Waals surface area contributed by atoms with Gasteiger partial charge in [-0.05, 0) is 32.3 Å². The van der Waals surface area contributed by atoms with Crippen LogP contribution in [0, 0.1) is 10.1 Å². The fourth-order valence-corrected chi connectivity index (χ4v) is 2.37. The molecule has 19 heavy (non-hydrogen) atoms. The van der Waals surface area contributed by atoms with Gasteiger partial charge in [-0.2, -0.15) is 0 Å². The van der Waals surface area contributed by atoms with Gasteiger partial charge in [0.1, 0.15) is 0 Å². The third kappa shape index (κ3) is 3.75. The molecular formula is C14H20N2O3. The molecule has 3 unspecified atom stereocenters. The molecule has 1 saturated heterocycles. The van der Waals surface area contributed by atoms with Gasteiger partial charge in [-0.15, -0.1) is 0 Å². The Morgan fingerprint density at radius 1 is 1.53 bits per heavy atom. The molecule has 0 saturated carbocycles. The summed E-state index contributed by atoms with van der Waals surface area (Å²) >= 11 is 0. The quantitative estimate of drug-likeness (QED) is 0.656. The van der Waals surface area contributed by atoms with E-state index in [1.165, 1.54) is 6.07 Å². The standard InChI is InChI=1S/C14H20N2O3/c1-10-6-7-14(19-10)9-15-11(2)12-4-3-5-13(8-12)16(17)18/h3-5,8,10-11,14-15H,6-7,9H2,1-2H3. The summed E-state index contributed by atoms with van der Waals surface area (Å²) < 4.78 is 5.74. The first-order valence-electron chi connectivity index (χ1n) is 6.69. The molecule has 104 valence electrons. The maximum atomic E-state index is 10.7. The van der Waals surface area contributed by atoms with Crippen LogP contribution >= 0.6 is 0 Å². The average Bonchev–Trinajstić information content (AvgIpc) is 2.82. The summed E-state index contributed by atoms with van der Waals surface area (Å²) in [5.74, 6) is 0. The van der Waals surface area contributed by atoms with E-state index in [0.717, 1.165) is 24.9 Å². The van der Waals surface area contributed by atoms with Crippen molar-refractivity contribution in [3.05, 3.63) is 39.9 Å². The minimum absolute atomic E-state index is 0.0828. The maximum Gasteiger partial charge on any atom is 0.269 e. The first-order chi connectivity index (χ1) is 9.06. The van der Waals surface area contributed by atoms with Crippen LogP contribution in [0.3, 0.4) is 0 Å². The molecule has 0 radical (unpaired) electrons. The molecule has 1 aliphatic rings. The Morgan fingerprint density at radius 2 is 2.32 bits per heavy atom. The molecule has 1 heterocycles. The molecule has 0 aliphatic carbocycles. The second-order valence-electron chi connectivity index (χ2n) is 5.13. The van der Waals surface area contributed by atoms with Crippen LogP contribution in [0.2, 0.25) is 0 Å². The second kappa shape index (κ2) is 6.12. The molecule has 3 atom stereocenters. The van der Waals surface area contributed by atoms with Crippen LogP contribution in [-0.4, -0.2) is 23.7 Å². The Morgan fingerprint density at radius 3 is 2.95 bits per heavy atom. The van der Waals surface area contributed by atoms with Crippen LogP contribution in [0.1, 0.15) is 38.3 Å². The van der Waals surface area contributed by atoms with Crippen molar-refractivity contribution in [3.8, 4) is 0 Å². The molecule has 5 heteroatoms. The smallest absolute Gasteiger partial charge is 0.269 e. The lowest BCUT2D eigenvalue weighted by molar-refractivity contribution is -0.384. The summed E-state index contributed by atoms with van der Waals surface area (Å²) in [4.78, 5) is 10.4. The second-order valence-corrected chi connectivity index (χ2v) is 5.13. The van der Waals surface area contributed by atoms with E-state index in [1.54, 1.807) is 12.1 Å². The van der Waals surface area contributed by atoms with Gasteiger partial charge >= 0.3 is 0 Å². The van der Waals surface area contributed by atoms with Crippen LogP contribution < -0.4 is 5.32 Å². The van der Waals surface area contributed by atoms with E-state index >= 15 is 0 Å². The summed E-state index contributed by atoms with van der Waals surface area (Å²) in [5.41, 5.74) is 1.07. The summed E-state index contributed by atoms with van der Waals surface area (Å²) in [7, 11) is 0. The zero-order chi connectivity index (χ0) is 13.8. The van der Waals surface area contributed by atoms with E-state index in [9.17, 15) is 10.1 Å². The van der Waals surface area contributed by atoms with Gasteiger partial charge in [0.05, 0.1) is 17.1 Å². The minimum atomic E-state index is -0.363. The van der Waals surface area contributed by atoms with Gasteiger partial charge in [-0.3, -0.25) is 10.1 Å². The number of non-ortho nitro benzene ring substituents is 1. The molecule has 1 aromatic carbocycles. The highest BCUT2D eigenvalue weighted by Crippen LogP contribution is 2.21. The van der Waals surface area contributed by atoms with Gasteiger partial charge in [0.2, 0.25) is 0 Å². The average molecular weight is 264 g/mol. The third-order valence-corrected chi connectivity index (χ3v) is 3.55. The number of nitrogens with zero attached hydrogens (tertiary/aromatic N) is 1. The summed E-state index contributed by atoms with van der Waals surface area (Å²) in [6, 6.07) is 6.84. The van der Waals surface area contributed by atoms with Gasteiger partial charge in [-0.1, -0.05) is 12.1 Å². The molecule has 5 nitrogen and oxygen atoms in total. The SMILES string of the molecule is CC1CCC(CNC(C)c2cccc([N+](=O)[O-])c2)O1. The van der Waals surface area contributed by atoms with Gasteiger partial charge in [0, 0.05) is 24.7 Å². The number of rotatable bonds is 5. The van der Waals surface area contributed by atoms with E-state index in [4.69, 9.17) is 4.74 Å². The van der Waals surface area contributed by atoms with Crippen molar-refractivity contribution >= 4 is 5.69 Å². The largest absolute Gasteiger partial charge is 0.374 e. The number of hydrogen-bond acceptors (Lipinski definition) is 4. The number of nitro groups is 1. The molecular weight excluding hydrogens is 244 g/mol. The van der Waals surface area contributed by atoms with Crippen molar-refractivity contribution in [3.63, 3.8) is 0 Å². The van der Waals surface area contributed by atoms with Crippen molar-refractivity contribution in [2.45, 2.75) is 44.9 Å². The van der Waals surface area contributed by atoms with Crippen molar-refractivity contribution in [2.24, 2.45) is 0 Å². The van der Waals surface area contributed by atoms with Crippen LogP contribution in [0.25, 0.3) is 0 Å². The Bertz CT molecular complexity index is 450. The van der Waals surface area contributed by atoms with E-state index in [0.29, 0.717) is 6.10 Å². The van der Waals surface area contributed by atoms with Crippen molar-refractivity contribution < 1.29 is 9.66 Å². The Kier molecular flexibility index (Phi) is 4.50. The number of nitro benzene ring substituents is 1. The Hall–Kier alpha value is -1.46.